The standard InChI is InChI=1S/C14H25N3O2/c1-5-6-7-17(9-12(15)18)10-13-16-8-11(19-13)14(2,3)4/h8H,5-7,9-10H2,1-4H3,(H2,15,18). The fourth-order valence-electron chi connectivity index (χ4n) is 1.74. The fraction of sp³-hybridized carbons (Fsp3) is 0.714. The molecule has 2 N–H and O–H groups in total. The van der Waals surface area contributed by atoms with Gasteiger partial charge in [-0.15, -0.1) is 0 Å². The number of unbranched alkanes of at least 4 members (excludes halogenated alkanes) is 1. The van der Waals surface area contributed by atoms with Gasteiger partial charge in [-0.05, 0) is 13.0 Å². The van der Waals surface area contributed by atoms with Gasteiger partial charge in [-0.1, -0.05) is 34.1 Å². The molecule has 1 heterocycles. The van der Waals surface area contributed by atoms with E-state index in [4.69, 9.17) is 10.2 Å². The molecule has 5 heteroatoms. The predicted octanol–water partition coefficient (Wildman–Crippen LogP) is 2.06. The highest BCUT2D eigenvalue weighted by Crippen LogP contribution is 2.23. The summed E-state index contributed by atoms with van der Waals surface area (Å²) >= 11 is 0. The van der Waals surface area contributed by atoms with E-state index in [2.05, 4.69) is 32.7 Å². The number of nitrogens with zero attached hydrogens (tertiary/aromatic N) is 2. The van der Waals surface area contributed by atoms with Crippen molar-refractivity contribution in [2.45, 2.75) is 52.5 Å². The number of carbonyl (C=O) groups excluding carboxylic acids is 1. The van der Waals surface area contributed by atoms with E-state index in [0.29, 0.717) is 12.4 Å². The lowest BCUT2D eigenvalue weighted by Crippen LogP contribution is -2.34. The van der Waals surface area contributed by atoms with Gasteiger partial charge in [0.2, 0.25) is 11.8 Å². The molecule has 0 bridgehead atoms. The number of oxazole rings is 1. The Hall–Kier alpha value is -1.36. The first-order valence-electron chi connectivity index (χ1n) is 6.78. The van der Waals surface area contributed by atoms with Crippen molar-refractivity contribution in [1.29, 1.82) is 0 Å². The second-order valence-electron chi connectivity index (χ2n) is 5.90. The van der Waals surface area contributed by atoms with E-state index in [1.807, 2.05) is 4.90 Å². The summed E-state index contributed by atoms with van der Waals surface area (Å²) in [5.74, 6) is 1.18. The van der Waals surface area contributed by atoms with E-state index in [1.165, 1.54) is 0 Å². The summed E-state index contributed by atoms with van der Waals surface area (Å²) in [5, 5.41) is 0. The van der Waals surface area contributed by atoms with Gasteiger partial charge in [0.15, 0.2) is 0 Å². The van der Waals surface area contributed by atoms with Gasteiger partial charge in [-0.3, -0.25) is 9.69 Å². The van der Waals surface area contributed by atoms with Gasteiger partial charge < -0.3 is 10.2 Å². The van der Waals surface area contributed by atoms with Crippen molar-refractivity contribution in [1.82, 2.24) is 9.88 Å². The lowest BCUT2D eigenvalue weighted by Gasteiger charge is -2.18. The molecule has 1 aromatic rings. The molecule has 0 saturated heterocycles. The van der Waals surface area contributed by atoms with Gasteiger partial charge >= 0.3 is 0 Å². The maximum atomic E-state index is 11.1. The molecule has 1 amide bonds. The summed E-state index contributed by atoms with van der Waals surface area (Å²) in [6.45, 7) is 9.95. The molecule has 108 valence electrons. The van der Waals surface area contributed by atoms with Crippen molar-refractivity contribution >= 4 is 5.91 Å². The highest BCUT2D eigenvalue weighted by Gasteiger charge is 2.20. The van der Waals surface area contributed by atoms with Crippen LogP contribution >= 0.6 is 0 Å². The summed E-state index contributed by atoms with van der Waals surface area (Å²) in [5.41, 5.74) is 5.21. The van der Waals surface area contributed by atoms with Crippen molar-refractivity contribution in [2.75, 3.05) is 13.1 Å². The van der Waals surface area contributed by atoms with Crippen LogP contribution in [0.3, 0.4) is 0 Å². The Morgan fingerprint density at radius 1 is 1.47 bits per heavy atom. The summed E-state index contributed by atoms with van der Waals surface area (Å²) in [4.78, 5) is 17.3. The molecule has 0 atom stereocenters. The van der Waals surface area contributed by atoms with E-state index < -0.39 is 0 Å². The molecule has 0 aliphatic heterocycles. The van der Waals surface area contributed by atoms with Crippen molar-refractivity contribution in [3.05, 3.63) is 17.8 Å². The lowest BCUT2D eigenvalue weighted by molar-refractivity contribution is -0.119. The minimum absolute atomic E-state index is 0.0524. The molecule has 5 nitrogen and oxygen atoms in total. The van der Waals surface area contributed by atoms with Crippen molar-refractivity contribution in [3.63, 3.8) is 0 Å². The highest BCUT2D eigenvalue weighted by atomic mass is 16.4. The molecule has 0 aliphatic carbocycles. The lowest BCUT2D eigenvalue weighted by atomic mass is 9.94. The minimum atomic E-state index is -0.321. The van der Waals surface area contributed by atoms with Gasteiger partial charge in [0, 0.05) is 5.41 Å². The smallest absolute Gasteiger partial charge is 0.231 e. The number of hydrogen-bond acceptors (Lipinski definition) is 4. The van der Waals surface area contributed by atoms with Crippen LogP contribution in [0.5, 0.6) is 0 Å². The Morgan fingerprint density at radius 2 is 2.16 bits per heavy atom. The van der Waals surface area contributed by atoms with Crippen LogP contribution in [0.1, 0.15) is 52.2 Å². The zero-order valence-corrected chi connectivity index (χ0v) is 12.4. The van der Waals surface area contributed by atoms with Gasteiger partial charge in [-0.25, -0.2) is 4.98 Å². The van der Waals surface area contributed by atoms with E-state index in [-0.39, 0.29) is 17.9 Å². The molecule has 0 aromatic carbocycles. The van der Waals surface area contributed by atoms with Crippen molar-refractivity contribution in [3.8, 4) is 0 Å². The third kappa shape index (κ3) is 5.42. The van der Waals surface area contributed by atoms with E-state index in [9.17, 15) is 4.79 Å². The summed E-state index contributed by atoms with van der Waals surface area (Å²) in [6.07, 6.45) is 3.87. The second-order valence-corrected chi connectivity index (χ2v) is 5.90. The average molecular weight is 267 g/mol. The van der Waals surface area contributed by atoms with E-state index >= 15 is 0 Å². The van der Waals surface area contributed by atoms with Crippen molar-refractivity contribution in [2.24, 2.45) is 5.73 Å². The molecule has 0 aliphatic rings. The second kappa shape index (κ2) is 6.70. The Balaban J connectivity index is 2.67. The molecule has 1 aromatic heterocycles. The Labute approximate surface area is 115 Å². The van der Waals surface area contributed by atoms with Crippen LogP contribution in [-0.4, -0.2) is 28.9 Å². The molecule has 19 heavy (non-hydrogen) atoms. The maximum absolute atomic E-state index is 11.1. The first-order valence-corrected chi connectivity index (χ1v) is 6.78. The molecule has 0 spiro atoms. The minimum Gasteiger partial charge on any atom is -0.444 e. The number of primary amides is 1. The number of amides is 1. The maximum Gasteiger partial charge on any atom is 0.231 e. The van der Waals surface area contributed by atoms with Gasteiger partial charge in [-0.2, -0.15) is 0 Å². The van der Waals surface area contributed by atoms with Crippen molar-refractivity contribution < 1.29 is 9.21 Å². The summed E-state index contributed by atoms with van der Waals surface area (Å²) < 4.78 is 5.74. The third-order valence-corrected chi connectivity index (χ3v) is 2.86. The topological polar surface area (TPSA) is 72.4 Å². The molecule has 0 unspecified atom stereocenters. The first kappa shape index (κ1) is 15.7. The van der Waals surface area contributed by atoms with Crippen LogP contribution in [0.15, 0.2) is 10.6 Å². The van der Waals surface area contributed by atoms with E-state index in [1.54, 1.807) is 6.20 Å². The quantitative estimate of drug-likeness (QED) is 0.820. The largest absolute Gasteiger partial charge is 0.444 e. The molecule has 0 saturated carbocycles. The Kier molecular flexibility index (Phi) is 5.54. The number of nitrogens with two attached hydrogens (primary N) is 1. The molecule has 0 fully saturated rings. The summed E-state index contributed by atoms with van der Waals surface area (Å²) in [7, 11) is 0. The van der Waals surface area contributed by atoms with Gasteiger partial charge in [0.1, 0.15) is 5.76 Å². The predicted molar refractivity (Wildman–Crippen MR) is 74.6 cm³/mol. The number of rotatable bonds is 7. The SMILES string of the molecule is CCCCN(CC(N)=O)Cc1ncc(C(C)(C)C)o1. The summed E-state index contributed by atoms with van der Waals surface area (Å²) in [6, 6.07) is 0. The zero-order valence-electron chi connectivity index (χ0n) is 12.4. The number of aromatic nitrogens is 1. The number of hydrogen-bond donors (Lipinski definition) is 1. The van der Waals surface area contributed by atoms with Gasteiger partial charge in [0.25, 0.3) is 0 Å². The van der Waals surface area contributed by atoms with Crippen LogP contribution in [0.2, 0.25) is 0 Å². The molecule has 0 radical (unpaired) electrons. The van der Waals surface area contributed by atoms with E-state index in [0.717, 1.165) is 25.1 Å². The van der Waals surface area contributed by atoms with Crippen LogP contribution in [0.4, 0.5) is 0 Å². The first-order chi connectivity index (χ1) is 8.82. The Bertz CT molecular complexity index is 407. The fourth-order valence-corrected chi connectivity index (χ4v) is 1.74. The Morgan fingerprint density at radius 3 is 2.63 bits per heavy atom. The number of carbonyl (C=O) groups is 1. The zero-order chi connectivity index (χ0) is 14.5. The average Bonchev–Trinajstić information content (AvgIpc) is 2.73. The van der Waals surface area contributed by atoms with Crippen LogP contribution in [-0.2, 0) is 16.8 Å². The highest BCUT2D eigenvalue weighted by molar-refractivity contribution is 5.75. The van der Waals surface area contributed by atoms with Crippen LogP contribution < -0.4 is 5.73 Å². The third-order valence-electron chi connectivity index (χ3n) is 2.86. The van der Waals surface area contributed by atoms with Crippen LogP contribution in [0.25, 0.3) is 0 Å². The molecular weight excluding hydrogens is 242 g/mol. The van der Waals surface area contributed by atoms with Crippen LogP contribution in [0, 0.1) is 0 Å². The normalized spacial score (nSPS) is 12.1. The van der Waals surface area contributed by atoms with Gasteiger partial charge in [0.05, 0.1) is 19.3 Å². The molecule has 1 rings (SSSR count). The monoisotopic (exact) mass is 267 g/mol. The molecular formula is C14H25N3O2.